The van der Waals surface area contributed by atoms with Gasteiger partial charge in [0.15, 0.2) is 0 Å². The highest BCUT2D eigenvalue weighted by atomic mass is 32.1. The number of amides is 1. The molecule has 36 heavy (non-hydrogen) atoms. The molecular formula is C29H31N5OS. The number of nitrogens with zero attached hydrogens (tertiary/aromatic N) is 4. The van der Waals surface area contributed by atoms with Crippen LogP contribution in [0.3, 0.4) is 0 Å². The third-order valence-electron chi connectivity index (χ3n) is 6.49. The average molecular weight is 498 g/mol. The van der Waals surface area contributed by atoms with Crippen LogP contribution in [-0.4, -0.2) is 58.9 Å². The second-order valence-electron chi connectivity index (χ2n) is 9.37. The van der Waals surface area contributed by atoms with Gasteiger partial charge in [-0.1, -0.05) is 36.4 Å². The minimum Gasteiger partial charge on any atom is -0.326 e. The predicted molar refractivity (Wildman–Crippen MR) is 146 cm³/mol. The topological polar surface area (TPSA) is 61.4 Å². The number of carbonyl (C=O) groups is 1. The van der Waals surface area contributed by atoms with Crippen LogP contribution in [0.25, 0.3) is 10.6 Å². The lowest BCUT2D eigenvalue weighted by Gasteiger charge is -2.32. The number of hydrogen-bond donors (Lipinski definition) is 1. The zero-order valence-electron chi connectivity index (χ0n) is 20.6. The first-order valence-corrected chi connectivity index (χ1v) is 13.2. The summed E-state index contributed by atoms with van der Waals surface area (Å²) in [6.45, 7) is 5.48. The minimum atomic E-state index is -0.0590. The Morgan fingerprint density at radius 1 is 0.889 bits per heavy atom. The first-order chi connectivity index (χ1) is 17.6. The molecule has 1 saturated heterocycles. The number of hydrogen-bond acceptors (Lipinski definition) is 6. The van der Waals surface area contributed by atoms with Crippen molar-refractivity contribution in [3.05, 3.63) is 101 Å². The molecule has 184 valence electrons. The molecule has 0 saturated carbocycles. The van der Waals surface area contributed by atoms with Crippen LogP contribution in [0.4, 0.5) is 5.69 Å². The molecule has 0 spiro atoms. The van der Waals surface area contributed by atoms with Crippen molar-refractivity contribution in [2.45, 2.75) is 19.4 Å². The van der Waals surface area contributed by atoms with Crippen molar-refractivity contribution in [1.82, 2.24) is 19.8 Å². The van der Waals surface area contributed by atoms with E-state index in [2.05, 4.69) is 51.4 Å². The van der Waals surface area contributed by atoms with Crippen LogP contribution in [0.2, 0.25) is 0 Å². The van der Waals surface area contributed by atoms with Gasteiger partial charge in [0.05, 0.1) is 12.1 Å². The number of nitrogens with one attached hydrogen (secondary N) is 1. The van der Waals surface area contributed by atoms with Crippen molar-refractivity contribution in [3.63, 3.8) is 0 Å². The molecule has 3 heterocycles. The van der Waals surface area contributed by atoms with E-state index in [1.54, 1.807) is 23.7 Å². The highest BCUT2D eigenvalue weighted by Gasteiger charge is 2.14. The van der Waals surface area contributed by atoms with Gasteiger partial charge in [0.1, 0.15) is 5.01 Å². The number of rotatable bonds is 8. The van der Waals surface area contributed by atoms with Crippen LogP contribution in [0, 0.1) is 0 Å². The van der Waals surface area contributed by atoms with Gasteiger partial charge < -0.3 is 10.2 Å². The first kappa shape index (κ1) is 24.3. The summed E-state index contributed by atoms with van der Waals surface area (Å²) in [5.74, 6) is -0.0590. The lowest BCUT2D eigenvalue weighted by molar-refractivity contribution is -0.115. The molecule has 5 rings (SSSR count). The van der Waals surface area contributed by atoms with E-state index < -0.39 is 0 Å². The molecule has 1 fully saturated rings. The number of likely N-dealkylation sites (N-methyl/N-ethyl adjacent to an activating group) is 1. The molecule has 0 aliphatic carbocycles. The molecule has 0 unspecified atom stereocenters. The van der Waals surface area contributed by atoms with E-state index in [1.165, 1.54) is 16.7 Å². The molecule has 2 aromatic carbocycles. The Bertz CT molecular complexity index is 1260. The van der Waals surface area contributed by atoms with E-state index in [4.69, 9.17) is 4.98 Å². The highest BCUT2D eigenvalue weighted by Crippen LogP contribution is 2.25. The van der Waals surface area contributed by atoms with E-state index in [9.17, 15) is 4.79 Å². The Morgan fingerprint density at radius 2 is 1.56 bits per heavy atom. The monoisotopic (exact) mass is 497 g/mol. The standard InChI is InChI=1S/C29H31N5OS/c1-33-14-16-34(17-15-33)20-24-2-6-25(7-3-24)29-32-27(21-36-29)19-28(35)31-26-8-4-22(5-9-26)18-23-10-12-30-13-11-23/h2-13,21H,14-20H2,1H3,(H,31,35). The summed E-state index contributed by atoms with van der Waals surface area (Å²) < 4.78 is 0. The summed E-state index contributed by atoms with van der Waals surface area (Å²) >= 11 is 1.58. The number of pyridine rings is 1. The molecule has 0 atom stereocenters. The lowest BCUT2D eigenvalue weighted by atomic mass is 10.1. The van der Waals surface area contributed by atoms with Gasteiger partial charge in [-0.3, -0.25) is 14.7 Å². The SMILES string of the molecule is CN1CCN(Cc2ccc(-c3nc(CC(=O)Nc4ccc(Cc5ccncc5)cc4)cs3)cc2)CC1. The van der Waals surface area contributed by atoms with E-state index in [-0.39, 0.29) is 12.3 Å². The zero-order valence-corrected chi connectivity index (χ0v) is 21.4. The number of carbonyl (C=O) groups excluding carboxylic acids is 1. The van der Waals surface area contributed by atoms with Gasteiger partial charge in [0.2, 0.25) is 5.91 Å². The van der Waals surface area contributed by atoms with Crippen LogP contribution in [0.1, 0.15) is 22.4 Å². The molecule has 2 aromatic heterocycles. The number of piperazine rings is 1. The Balaban J connectivity index is 1.12. The van der Waals surface area contributed by atoms with Crippen molar-refractivity contribution in [1.29, 1.82) is 0 Å². The third kappa shape index (κ3) is 6.63. The van der Waals surface area contributed by atoms with Crippen LogP contribution < -0.4 is 5.32 Å². The fourth-order valence-corrected chi connectivity index (χ4v) is 5.18. The fraction of sp³-hybridized carbons (Fsp3) is 0.276. The summed E-state index contributed by atoms with van der Waals surface area (Å²) in [7, 11) is 2.18. The zero-order chi connectivity index (χ0) is 24.7. The quantitative estimate of drug-likeness (QED) is 0.382. The van der Waals surface area contributed by atoms with Crippen LogP contribution in [-0.2, 0) is 24.2 Å². The van der Waals surface area contributed by atoms with Gasteiger partial charge >= 0.3 is 0 Å². The summed E-state index contributed by atoms with van der Waals surface area (Å²) in [6.07, 6.45) is 4.71. The maximum Gasteiger partial charge on any atom is 0.230 e. The molecule has 1 N–H and O–H groups in total. The molecule has 0 radical (unpaired) electrons. The normalized spacial score (nSPS) is 14.6. The Morgan fingerprint density at radius 3 is 2.28 bits per heavy atom. The Kier molecular flexibility index (Phi) is 7.81. The summed E-state index contributed by atoms with van der Waals surface area (Å²) in [5.41, 5.74) is 6.42. The first-order valence-electron chi connectivity index (χ1n) is 12.3. The van der Waals surface area contributed by atoms with Crippen molar-refractivity contribution in [2.24, 2.45) is 0 Å². The van der Waals surface area contributed by atoms with Gasteiger partial charge in [-0.25, -0.2) is 4.98 Å². The number of aromatic nitrogens is 2. The van der Waals surface area contributed by atoms with E-state index in [1.807, 2.05) is 41.8 Å². The fourth-order valence-electron chi connectivity index (χ4n) is 4.35. The Hall–Kier alpha value is -3.39. The van der Waals surface area contributed by atoms with Gasteiger partial charge in [0, 0.05) is 61.7 Å². The van der Waals surface area contributed by atoms with Gasteiger partial charge in [0.25, 0.3) is 0 Å². The number of benzene rings is 2. The average Bonchev–Trinajstić information content (AvgIpc) is 3.36. The molecule has 0 bridgehead atoms. The molecule has 6 nitrogen and oxygen atoms in total. The Labute approximate surface area is 216 Å². The van der Waals surface area contributed by atoms with Crippen LogP contribution >= 0.6 is 11.3 Å². The van der Waals surface area contributed by atoms with Crippen LogP contribution in [0.5, 0.6) is 0 Å². The second-order valence-corrected chi connectivity index (χ2v) is 10.2. The van der Waals surface area contributed by atoms with E-state index >= 15 is 0 Å². The molecular weight excluding hydrogens is 466 g/mol. The molecule has 4 aromatic rings. The smallest absolute Gasteiger partial charge is 0.230 e. The van der Waals surface area contributed by atoms with Crippen molar-refractivity contribution in [2.75, 3.05) is 38.5 Å². The third-order valence-corrected chi connectivity index (χ3v) is 7.43. The van der Waals surface area contributed by atoms with Crippen LogP contribution in [0.15, 0.2) is 78.4 Å². The molecule has 1 amide bonds. The van der Waals surface area contributed by atoms with Crippen molar-refractivity contribution >= 4 is 22.9 Å². The number of thiazole rings is 1. The highest BCUT2D eigenvalue weighted by molar-refractivity contribution is 7.13. The summed E-state index contributed by atoms with van der Waals surface area (Å²) in [5, 5.41) is 5.91. The second kappa shape index (κ2) is 11.6. The van der Waals surface area contributed by atoms with Crippen molar-refractivity contribution in [3.8, 4) is 10.6 Å². The van der Waals surface area contributed by atoms with Crippen molar-refractivity contribution < 1.29 is 4.79 Å². The minimum absolute atomic E-state index is 0.0590. The van der Waals surface area contributed by atoms with E-state index in [0.29, 0.717) is 0 Å². The van der Waals surface area contributed by atoms with Gasteiger partial charge in [-0.2, -0.15) is 0 Å². The predicted octanol–water partition coefficient (Wildman–Crippen LogP) is 4.72. The van der Waals surface area contributed by atoms with Gasteiger partial charge in [-0.15, -0.1) is 11.3 Å². The summed E-state index contributed by atoms with van der Waals surface area (Å²) in [4.78, 5) is 26.2. The molecule has 7 heteroatoms. The summed E-state index contributed by atoms with van der Waals surface area (Å²) in [6, 6.07) is 20.7. The van der Waals surface area contributed by atoms with Gasteiger partial charge in [-0.05, 0) is 54.4 Å². The maximum absolute atomic E-state index is 12.6. The maximum atomic E-state index is 12.6. The molecule has 1 aliphatic rings. The van der Waals surface area contributed by atoms with E-state index in [0.717, 1.165) is 61.1 Å². The molecule has 1 aliphatic heterocycles. The largest absolute Gasteiger partial charge is 0.326 e. The lowest BCUT2D eigenvalue weighted by Crippen LogP contribution is -2.43. The number of anilines is 1.